The van der Waals surface area contributed by atoms with Crippen LogP contribution in [0.5, 0.6) is 5.75 Å². The lowest BCUT2D eigenvalue weighted by Crippen LogP contribution is -2.35. The first-order valence-electron chi connectivity index (χ1n) is 12.2. The predicted octanol–water partition coefficient (Wildman–Crippen LogP) is 4.00. The number of ether oxygens (including phenoxy) is 1. The van der Waals surface area contributed by atoms with Crippen LogP contribution in [0, 0.1) is 0 Å². The third-order valence-electron chi connectivity index (χ3n) is 6.79. The van der Waals surface area contributed by atoms with E-state index in [0.717, 1.165) is 22.9 Å². The van der Waals surface area contributed by atoms with E-state index in [1.807, 2.05) is 27.7 Å². The van der Waals surface area contributed by atoms with Gasteiger partial charge in [-0.2, -0.15) is 0 Å². The second kappa shape index (κ2) is 10.4. The van der Waals surface area contributed by atoms with Crippen molar-refractivity contribution < 1.29 is 22.7 Å². The highest BCUT2D eigenvalue weighted by molar-refractivity contribution is 6.30. The largest absolute Gasteiger partial charge is 0.573 e. The Morgan fingerprint density at radius 3 is 2.63 bits per heavy atom. The zero-order valence-corrected chi connectivity index (χ0v) is 21.7. The Morgan fingerprint density at radius 2 is 1.92 bits per heavy atom. The van der Waals surface area contributed by atoms with Crippen LogP contribution in [0.4, 0.5) is 19.0 Å². The molecule has 38 heavy (non-hydrogen) atoms. The fraction of sp³-hybridized carbons (Fsp3) is 0.440. The van der Waals surface area contributed by atoms with Gasteiger partial charge in [-0.3, -0.25) is 14.3 Å². The van der Waals surface area contributed by atoms with Gasteiger partial charge in [-0.05, 0) is 48.7 Å². The molecule has 202 valence electrons. The lowest BCUT2D eigenvalue weighted by atomic mass is 9.95. The fourth-order valence-corrected chi connectivity index (χ4v) is 5.17. The number of rotatable bonds is 5. The van der Waals surface area contributed by atoms with Crippen LogP contribution in [0.1, 0.15) is 36.0 Å². The second-order valence-electron chi connectivity index (χ2n) is 9.65. The number of anilines is 1. The topological polar surface area (TPSA) is 79.6 Å². The molecule has 2 aromatic heterocycles. The highest BCUT2D eigenvalue weighted by Gasteiger charge is 2.35. The molecule has 3 aromatic rings. The molecule has 4 heterocycles. The predicted molar refractivity (Wildman–Crippen MR) is 134 cm³/mol. The van der Waals surface area contributed by atoms with E-state index < -0.39 is 6.36 Å². The number of pyridine rings is 1. The molecule has 1 saturated heterocycles. The summed E-state index contributed by atoms with van der Waals surface area (Å²) in [5, 5.41) is 9.64. The summed E-state index contributed by atoms with van der Waals surface area (Å²) in [7, 11) is 3.45. The van der Waals surface area contributed by atoms with Gasteiger partial charge in [0.05, 0.1) is 18.8 Å². The SMILES string of the molecule is CN(C)C(=O)CN1Cc2cc(Cl)ccc2-n2c(nnc2C2CCN(c3ncccc3OC(F)(F)F)CC2)C1. The van der Waals surface area contributed by atoms with E-state index in [1.165, 1.54) is 18.3 Å². The van der Waals surface area contributed by atoms with Crippen LogP contribution in [-0.2, 0) is 17.9 Å². The minimum absolute atomic E-state index is 0.0162. The molecule has 2 aliphatic rings. The number of hydrogen-bond donors (Lipinski definition) is 0. The summed E-state index contributed by atoms with van der Waals surface area (Å²) in [6.07, 6.45) is -2.05. The monoisotopic (exact) mass is 549 g/mol. The minimum Gasteiger partial charge on any atom is -0.402 e. The maximum absolute atomic E-state index is 12.9. The number of hydrogen-bond acceptors (Lipinski definition) is 7. The second-order valence-corrected chi connectivity index (χ2v) is 10.1. The van der Waals surface area contributed by atoms with E-state index >= 15 is 0 Å². The summed E-state index contributed by atoms with van der Waals surface area (Å²) in [6.45, 7) is 2.15. The number of amides is 1. The van der Waals surface area contributed by atoms with Gasteiger partial charge < -0.3 is 14.5 Å². The van der Waals surface area contributed by atoms with Gasteiger partial charge in [0.25, 0.3) is 0 Å². The Kier molecular flexibility index (Phi) is 7.19. The zero-order chi connectivity index (χ0) is 27.0. The Bertz CT molecular complexity index is 1320. The molecule has 0 atom stereocenters. The highest BCUT2D eigenvalue weighted by Crippen LogP contribution is 2.37. The van der Waals surface area contributed by atoms with Gasteiger partial charge in [0, 0.05) is 50.9 Å². The van der Waals surface area contributed by atoms with Crippen molar-refractivity contribution in [1.29, 1.82) is 0 Å². The Labute approximate surface area is 222 Å². The van der Waals surface area contributed by atoms with Gasteiger partial charge in [0.15, 0.2) is 17.4 Å². The number of aromatic nitrogens is 4. The normalized spacial score (nSPS) is 16.5. The van der Waals surface area contributed by atoms with Crippen molar-refractivity contribution in [2.45, 2.75) is 38.2 Å². The van der Waals surface area contributed by atoms with Crippen molar-refractivity contribution in [1.82, 2.24) is 29.5 Å². The average molecular weight is 550 g/mol. The third kappa shape index (κ3) is 5.56. The molecule has 9 nitrogen and oxygen atoms in total. The highest BCUT2D eigenvalue weighted by atomic mass is 35.5. The van der Waals surface area contributed by atoms with Crippen molar-refractivity contribution >= 4 is 23.3 Å². The molecule has 0 unspecified atom stereocenters. The van der Waals surface area contributed by atoms with E-state index in [0.29, 0.717) is 44.0 Å². The molecule has 1 aromatic carbocycles. The molecule has 0 saturated carbocycles. The first kappa shape index (κ1) is 26.2. The van der Waals surface area contributed by atoms with E-state index in [-0.39, 0.29) is 29.9 Å². The molecule has 1 amide bonds. The minimum atomic E-state index is -4.80. The smallest absolute Gasteiger partial charge is 0.402 e. The quantitative estimate of drug-likeness (QED) is 0.476. The fourth-order valence-electron chi connectivity index (χ4n) is 4.97. The molecule has 0 bridgehead atoms. The summed E-state index contributed by atoms with van der Waals surface area (Å²) in [6, 6.07) is 8.35. The Balaban J connectivity index is 1.40. The standard InChI is InChI=1S/C25H27ClF3N7O2/c1-33(2)22(37)15-34-13-17-12-18(26)5-6-19(17)36-21(14-34)31-32-23(36)16-7-10-35(11-8-16)24-20(4-3-9-30-24)38-25(27,28)29/h3-6,9,12,16H,7-8,10-11,13-15H2,1-2H3. The van der Waals surface area contributed by atoms with Crippen LogP contribution in [-0.4, -0.2) is 75.5 Å². The number of fused-ring (bicyclic) bond motifs is 3. The summed E-state index contributed by atoms with van der Waals surface area (Å²) >= 11 is 6.32. The molecule has 1 fully saturated rings. The summed E-state index contributed by atoms with van der Waals surface area (Å²) < 4.78 is 44.9. The van der Waals surface area contributed by atoms with Gasteiger partial charge in [0.1, 0.15) is 5.82 Å². The summed E-state index contributed by atoms with van der Waals surface area (Å²) in [5.74, 6) is 1.38. The van der Waals surface area contributed by atoms with Gasteiger partial charge in [-0.1, -0.05) is 11.6 Å². The number of piperidine rings is 1. The van der Waals surface area contributed by atoms with Crippen LogP contribution in [0.2, 0.25) is 5.02 Å². The molecular weight excluding hydrogens is 523 g/mol. The van der Waals surface area contributed by atoms with Crippen LogP contribution in [0.15, 0.2) is 36.5 Å². The molecule has 2 aliphatic heterocycles. The molecule has 0 aliphatic carbocycles. The Hall–Kier alpha value is -3.38. The van der Waals surface area contributed by atoms with Gasteiger partial charge >= 0.3 is 6.36 Å². The van der Waals surface area contributed by atoms with Crippen molar-refractivity contribution in [3.8, 4) is 11.4 Å². The van der Waals surface area contributed by atoms with Crippen LogP contribution >= 0.6 is 11.6 Å². The van der Waals surface area contributed by atoms with E-state index in [9.17, 15) is 18.0 Å². The van der Waals surface area contributed by atoms with Crippen molar-refractivity contribution in [2.75, 3.05) is 38.6 Å². The number of likely N-dealkylation sites (N-methyl/N-ethyl adjacent to an activating group) is 1. The number of carbonyl (C=O) groups excluding carboxylic acids is 1. The van der Waals surface area contributed by atoms with Crippen molar-refractivity contribution in [2.24, 2.45) is 0 Å². The van der Waals surface area contributed by atoms with Crippen LogP contribution < -0.4 is 9.64 Å². The van der Waals surface area contributed by atoms with Crippen LogP contribution in [0.3, 0.4) is 0 Å². The molecule has 13 heteroatoms. The van der Waals surface area contributed by atoms with Crippen LogP contribution in [0.25, 0.3) is 5.69 Å². The van der Waals surface area contributed by atoms with Crippen molar-refractivity contribution in [3.63, 3.8) is 0 Å². The van der Waals surface area contributed by atoms with Gasteiger partial charge in [-0.25, -0.2) is 4.98 Å². The maximum atomic E-state index is 12.9. The van der Waals surface area contributed by atoms with Gasteiger partial charge in [0.2, 0.25) is 5.91 Å². The molecule has 0 N–H and O–H groups in total. The molecule has 5 rings (SSSR count). The van der Waals surface area contributed by atoms with E-state index in [4.69, 9.17) is 11.6 Å². The Morgan fingerprint density at radius 1 is 1.16 bits per heavy atom. The van der Waals surface area contributed by atoms with Gasteiger partial charge in [-0.15, -0.1) is 23.4 Å². The van der Waals surface area contributed by atoms with Crippen molar-refractivity contribution in [3.05, 3.63) is 58.8 Å². The summed E-state index contributed by atoms with van der Waals surface area (Å²) in [5.41, 5.74) is 1.88. The lowest BCUT2D eigenvalue weighted by Gasteiger charge is -2.33. The molecule has 0 spiro atoms. The average Bonchev–Trinajstić information content (AvgIpc) is 3.20. The maximum Gasteiger partial charge on any atom is 0.573 e. The first-order chi connectivity index (χ1) is 18.1. The first-order valence-corrected chi connectivity index (χ1v) is 12.6. The number of nitrogens with zero attached hydrogens (tertiary/aromatic N) is 7. The third-order valence-corrected chi connectivity index (χ3v) is 7.03. The molecular formula is C25H27ClF3N7O2. The number of benzene rings is 1. The van der Waals surface area contributed by atoms with E-state index in [1.54, 1.807) is 23.9 Å². The number of halogens is 4. The lowest BCUT2D eigenvalue weighted by molar-refractivity contribution is -0.274. The molecule has 0 radical (unpaired) electrons. The summed E-state index contributed by atoms with van der Waals surface area (Å²) in [4.78, 5) is 22.0. The number of alkyl halides is 3. The zero-order valence-electron chi connectivity index (χ0n) is 21.0. The van der Waals surface area contributed by atoms with E-state index in [2.05, 4.69) is 19.9 Å². The number of carbonyl (C=O) groups is 1.